The van der Waals surface area contributed by atoms with Crippen LogP contribution in [0.2, 0.25) is 5.02 Å². The van der Waals surface area contributed by atoms with Gasteiger partial charge in [0.05, 0.1) is 5.02 Å². The number of nitrogens with one attached hydrogen (secondary N) is 1. The molecule has 0 saturated heterocycles. The van der Waals surface area contributed by atoms with Crippen molar-refractivity contribution in [1.82, 2.24) is 4.98 Å². The van der Waals surface area contributed by atoms with Crippen molar-refractivity contribution in [3.05, 3.63) is 76.0 Å². The smallest absolute Gasteiger partial charge is 0.182 e. The molecule has 3 rings (SSSR count). The zero-order valence-electron chi connectivity index (χ0n) is 12.1. The second-order valence-electron chi connectivity index (χ2n) is 4.79. The van der Waals surface area contributed by atoms with Crippen molar-refractivity contribution in [2.45, 2.75) is 13.2 Å². The maximum absolute atomic E-state index is 13.8. The number of halogens is 2. The van der Waals surface area contributed by atoms with Crippen LogP contribution in [0, 0.1) is 5.82 Å². The first-order chi connectivity index (χ1) is 11.2. The highest BCUT2D eigenvalue weighted by molar-refractivity contribution is 7.13. The third-order valence-electron chi connectivity index (χ3n) is 3.27. The van der Waals surface area contributed by atoms with Crippen LogP contribution in [-0.4, -0.2) is 4.98 Å². The molecule has 118 valence electrons. The third kappa shape index (κ3) is 4.00. The minimum absolute atomic E-state index is 0.0831. The molecule has 23 heavy (non-hydrogen) atoms. The number of ether oxygens (including phenoxy) is 1. The SMILES string of the molecule is Fc1cccc(Cl)c1COc1ccccc1CNc1nccs1. The van der Waals surface area contributed by atoms with Crippen LogP contribution in [0.3, 0.4) is 0 Å². The van der Waals surface area contributed by atoms with Crippen molar-refractivity contribution in [2.24, 2.45) is 0 Å². The van der Waals surface area contributed by atoms with Gasteiger partial charge in [-0.1, -0.05) is 35.9 Å². The van der Waals surface area contributed by atoms with Gasteiger partial charge in [-0.05, 0) is 18.2 Å². The molecule has 0 radical (unpaired) electrons. The summed E-state index contributed by atoms with van der Waals surface area (Å²) in [6.07, 6.45) is 1.75. The van der Waals surface area contributed by atoms with Gasteiger partial charge in [-0.3, -0.25) is 0 Å². The molecule has 0 amide bonds. The van der Waals surface area contributed by atoms with E-state index in [0.717, 1.165) is 10.7 Å². The van der Waals surface area contributed by atoms with Gasteiger partial charge in [0.1, 0.15) is 18.2 Å². The Labute approximate surface area is 142 Å². The first-order valence-electron chi connectivity index (χ1n) is 7.01. The molecule has 1 aromatic heterocycles. The highest BCUT2D eigenvalue weighted by Crippen LogP contribution is 2.24. The van der Waals surface area contributed by atoms with Gasteiger partial charge in [0.25, 0.3) is 0 Å². The van der Waals surface area contributed by atoms with Crippen LogP contribution in [0.1, 0.15) is 11.1 Å². The Hall–Kier alpha value is -2.11. The predicted octanol–water partition coefficient (Wildman–Crippen LogP) is 5.13. The third-order valence-corrected chi connectivity index (χ3v) is 4.35. The molecule has 0 aliphatic rings. The van der Waals surface area contributed by atoms with E-state index < -0.39 is 0 Å². The zero-order chi connectivity index (χ0) is 16.1. The Balaban J connectivity index is 1.70. The Kier molecular flexibility index (Phi) is 5.10. The van der Waals surface area contributed by atoms with Gasteiger partial charge in [0.15, 0.2) is 5.13 Å². The van der Waals surface area contributed by atoms with Crippen molar-refractivity contribution in [1.29, 1.82) is 0 Å². The second-order valence-corrected chi connectivity index (χ2v) is 6.09. The molecule has 1 N–H and O–H groups in total. The fraction of sp³-hybridized carbons (Fsp3) is 0.118. The average Bonchev–Trinajstić information content (AvgIpc) is 3.07. The molecule has 0 atom stereocenters. The van der Waals surface area contributed by atoms with Crippen molar-refractivity contribution in [3.8, 4) is 5.75 Å². The molecule has 0 aliphatic carbocycles. The molecule has 1 heterocycles. The minimum Gasteiger partial charge on any atom is -0.488 e. The van der Waals surface area contributed by atoms with E-state index in [1.807, 2.05) is 29.6 Å². The topological polar surface area (TPSA) is 34.1 Å². The second kappa shape index (κ2) is 7.44. The Morgan fingerprint density at radius 1 is 1.17 bits per heavy atom. The van der Waals surface area contributed by atoms with E-state index in [9.17, 15) is 4.39 Å². The zero-order valence-corrected chi connectivity index (χ0v) is 13.7. The van der Waals surface area contributed by atoms with E-state index in [1.165, 1.54) is 17.4 Å². The molecule has 0 unspecified atom stereocenters. The lowest BCUT2D eigenvalue weighted by molar-refractivity contribution is 0.297. The quantitative estimate of drug-likeness (QED) is 0.670. The number of para-hydroxylation sites is 1. The summed E-state index contributed by atoms with van der Waals surface area (Å²) in [4.78, 5) is 4.18. The first-order valence-corrected chi connectivity index (χ1v) is 8.27. The van der Waals surface area contributed by atoms with Crippen LogP contribution in [-0.2, 0) is 13.2 Å². The Morgan fingerprint density at radius 3 is 2.83 bits per heavy atom. The summed E-state index contributed by atoms with van der Waals surface area (Å²) in [6.45, 7) is 0.661. The van der Waals surface area contributed by atoms with Crippen molar-refractivity contribution in [2.75, 3.05) is 5.32 Å². The summed E-state index contributed by atoms with van der Waals surface area (Å²) in [5, 5.41) is 6.35. The number of thiazole rings is 1. The largest absolute Gasteiger partial charge is 0.488 e. The molecule has 0 aliphatic heterocycles. The van der Waals surface area contributed by atoms with Crippen LogP contribution in [0.4, 0.5) is 9.52 Å². The molecule has 3 nitrogen and oxygen atoms in total. The van der Waals surface area contributed by atoms with Crippen LogP contribution in [0.5, 0.6) is 5.75 Å². The molecular formula is C17H14ClFN2OS. The van der Waals surface area contributed by atoms with E-state index in [-0.39, 0.29) is 12.4 Å². The number of rotatable bonds is 6. The highest BCUT2D eigenvalue weighted by atomic mass is 35.5. The maximum Gasteiger partial charge on any atom is 0.182 e. The lowest BCUT2D eigenvalue weighted by Crippen LogP contribution is -2.04. The van der Waals surface area contributed by atoms with E-state index >= 15 is 0 Å². The van der Waals surface area contributed by atoms with Gasteiger partial charge in [-0.2, -0.15) is 0 Å². The predicted molar refractivity (Wildman–Crippen MR) is 91.6 cm³/mol. The summed E-state index contributed by atoms with van der Waals surface area (Å²) >= 11 is 7.56. The van der Waals surface area contributed by atoms with Crippen LogP contribution in [0.15, 0.2) is 54.0 Å². The van der Waals surface area contributed by atoms with Gasteiger partial charge < -0.3 is 10.1 Å². The lowest BCUT2D eigenvalue weighted by atomic mass is 10.2. The highest BCUT2D eigenvalue weighted by Gasteiger charge is 2.09. The van der Waals surface area contributed by atoms with Gasteiger partial charge >= 0.3 is 0 Å². The Morgan fingerprint density at radius 2 is 2.04 bits per heavy atom. The van der Waals surface area contributed by atoms with Gasteiger partial charge in [-0.15, -0.1) is 11.3 Å². The summed E-state index contributed by atoms with van der Waals surface area (Å²) in [7, 11) is 0. The van der Waals surface area contributed by atoms with Crippen molar-refractivity contribution < 1.29 is 9.13 Å². The molecule has 0 saturated carbocycles. The number of anilines is 1. The summed E-state index contributed by atoms with van der Waals surface area (Å²) < 4.78 is 19.6. The molecule has 0 bridgehead atoms. The van der Waals surface area contributed by atoms with Crippen molar-refractivity contribution in [3.63, 3.8) is 0 Å². The fourth-order valence-corrected chi connectivity index (χ4v) is 2.84. The number of hydrogen-bond acceptors (Lipinski definition) is 4. The monoisotopic (exact) mass is 348 g/mol. The molecular weight excluding hydrogens is 335 g/mol. The van der Waals surface area contributed by atoms with Crippen LogP contribution < -0.4 is 10.1 Å². The number of hydrogen-bond donors (Lipinski definition) is 1. The molecule has 2 aromatic carbocycles. The average molecular weight is 349 g/mol. The Bertz CT molecular complexity index is 760. The van der Waals surface area contributed by atoms with E-state index in [4.69, 9.17) is 16.3 Å². The molecule has 6 heteroatoms. The minimum atomic E-state index is -0.365. The molecule has 0 fully saturated rings. The molecule has 0 spiro atoms. The summed E-state index contributed by atoms with van der Waals surface area (Å²) in [5.74, 6) is 0.326. The van der Waals surface area contributed by atoms with Gasteiger partial charge in [-0.25, -0.2) is 9.37 Å². The maximum atomic E-state index is 13.8. The standard InChI is InChI=1S/C17H14ClFN2OS/c18-14-5-3-6-15(19)13(14)11-22-16-7-2-1-4-12(16)10-21-17-20-8-9-23-17/h1-9H,10-11H2,(H,20,21). The van der Waals surface area contributed by atoms with Crippen molar-refractivity contribution >= 4 is 28.1 Å². The lowest BCUT2D eigenvalue weighted by Gasteiger charge is -2.13. The van der Waals surface area contributed by atoms with Crippen LogP contribution in [0.25, 0.3) is 0 Å². The number of benzene rings is 2. The summed E-state index contributed by atoms with van der Waals surface area (Å²) in [5.41, 5.74) is 1.33. The van der Waals surface area contributed by atoms with E-state index in [0.29, 0.717) is 22.9 Å². The normalized spacial score (nSPS) is 10.5. The van der Waals surface area contributed by atoms with Gasteiger partial charge in [0.2, 0.25) is 0 Å². The fourth-order valence-electron chi connectivity index (χ4n) is 2.09. The van der Waals surface area contributed by atoms with E-state index in [1.54, 1.807) is 18.3 Å². The summed E-state index contributed by atoms with van der Waals surface area (Å²) in [6, 6.07) is 12.2. The van der Waals surface area contributed by atoms with E-state index in [2.05, 4.69) is 10.3 Å². The number of aromatic nitrogens is 1. The van der Waals surface area contributed by atoms with Gasteiger partial charge in [0, 0.05) is 29.2 Å². The first kappa shape index (κ1) is 15.8. The van der Waals surface area contributed by atoms with Crippen LogP contribution >= 0.6 is 22.9 Å². The number of nitrogens with zero attached hydrogens (tertiary/aromatic N) is 1. The molecule has 3 aromatic rings.